The highest BCUT2D eigenvalue weighted by molar-refractivity contribution is 14.1. The summed E-state index contributed by atoms with van der Waals surface area (Å²) in [6, 6.07) is 28.3. The molecule has 1 aliphatic heterocycles. The fraction of sp³-hybridized carbons (Fsp3) is 0.0385. The van der Waals surface area contributed by atoms with Crippen LogP contribution < -0.4 is 10.9 Å². The molecular weight excluding hydrogens is 485 g/mol. The fourth-order valence-electron chi connectivity index (χ4n) is 4.53. The maximum atomic E-state index is 13.3. The van der Waals surface area contributed by atoms with Crippen LogP contribution in [0.5, 0.6) is 0 Å². The van der Waals surface area contributed by atoms with E-state index in [4.69, 9.17) is 4.42 Å². The van der Waals surface area contributed by atoms with Crippen molar-refractivity contribution in [3.05, 3.63) is 110 Å². The zero-order valence-electron chi connectivity index (χ0n) is 15.9. The molecule has 1 aliphatic rings. The molecular formula is C26H16INO2. The van der Waals surface area contributed by atoms with Crippen molar-refractivity contribution in [1.29, 1.82) is 0 Å². The van der Waals surface area contributed by atoms with E-state index in [0.717, 1.165) is 42.1 Å². The zero-order valence-corrected chi connectivity index (χ0v) is 18.0. The topological polar surface area (TPSA) is 42.2 Å². The van der Waals surface area contributed by atoms with Crippen LogP contribution in [0.1, 0.15) is 17.2 Å². The van der Waals surface area contributed by atoms with Crippen LogP contribution in [0, 0.1) is 3.57 Å². The molecule has 2 heterocycles. The normalized spacial score (nSPS) is 14.9. The summed E-state index contributed by atoms with van der Waals surface area (Å²) in [5.74, 6) is 0. The molecule has 0 aliphatic carbocycles. The Balaban J connectivity index is 1.80. The third kappa shape index (κ3) is 2.53. The molecule has 4 heteroatoms. The molecule has 1 atom stereocenters. The predicted octanol–water partition coefficient (Wildman–Crippen LogP) is 6.73. The van der Waals surface area contributed by atoms with Crippen molar-refractivity contribution in [2.24, 2.45) is 0 Å². The summed E-state index contributed by atoms with van der Waals surface area (Å²) in [6.45, 7) is 0. The highest BCUT2D eigenvalue weighted by Gasteiger charge is 2.32. The number of rotatable bonds is 1. The van der Waals surface area contributed by atoms with Crippen molar-refractivity contribution in [1.82, 2.24) is 0 Å². The van der Waals surface area contributed by atoms with Gasteiger partial charge in [0.1, 0.15) is 5.58 Å². The molecule has 6 rings (SSSR count). The van der Waals surface area contributed by atoms with Gasteiger partial charge in [0, 0.05) is 25.8 Å². The Morgan fingerprint density at radius 1 is 0.767 bits per heavy atom. The van der Waals surface area contributed by atoms with E-state index in [1.807, 2.05) is 48.5 Å². The van der Waals surface area contributed by atoms with Crippen LogP contribution in [0.3, 0.4) is 0 Å². The van der Waals surface area contributed by atoms with Crippen molar-refractivity contribution in [3.8, 4) is 11.1 Å². The second-order valence-corrected chi connectivity index (χ2v) is 8.64. The number of hydrogen-bond acceptors (Lipinski definition) is 3. The summed E-state index contributed by atoms with van der Waals surface area (Å²) >= 11 is 2.33. The Labute approximate surface area is 186 Å². The average Bonchev–Trinajstić information content (AvgIpc) is 2.78. The number of nitrogens with one attached hydrogen (secondary N) is 1. The van der Waals surface area contributed by atoms with Gasteiger partial charge in [0.2, 0.25) is 0 Å². The lowest BCUT2D eigenvalue weighted by Crippen LogP contribution is -2.26. The SMILES string of the molecule is O=c1oc2ccccc2c2c1[C@H](c1ccccc1I)Nc1ccc3ccccc3c1-2. The lowest BCUT2D eigenvalue weighted by molar-refractivity contribution is 0.547. The number of fused-ring (bicyclic) bond motifs is 7. The van der Waals surface area contributed by atoms with Crippen molar-refractivity contribution in [2.75, 3.05) is 5.32 Å². The minimum atomic E-state index is -0.292. The predicted molar refractivity (Wildman–Crippen MR) is 130 cm³/mol. The molecule has 1 aromatic heterocycles. The van der Waals surface area contributed by atoms with E-state index in [-0.39, 0.29) is 11.7 Å². The number of halogens is 1. The number of para-hydroxylation sites is 1. The molecule has 30 heavy (non-hydrogen) atoms. The summed E-state index contributed by atoms with van der Waals surface area (Å²) < 4.78 is 6.89. The molecule has 1 N–H and O–H groups in total. The van der Waals surface area contributed by atoms with E-state index in [0.29, 0.717) is 11.1 Å². The average molecular weight is 501 g/mol. The van der Waals surface area contributed by atoms with Gasteiger partial charge in [0.15, 0.2) is 0 Å². The highest BCUT2D eigenvalue weighted by Crippen LogP contribution is 2.48. The van der Waals surface area contributed by atoms with Gasteiger partial charge in [-0.3, -0.25) is 0 Å². The van der Waals surface area contributed by atoms with Gasteiger partial charge in [-0.15, -0.1) is 0 Å². The van der Waals surface area contributed by atoms with Gasteiger partial charge >= 0.3 is 5.63 Å². The van der Waals surface area contributed by atoms with Crippen molar-refractivity contribution in [2.45, 2.75) is 6.04 Å². The van der Waals surface area contributed by atoms with E-state index in [2.05, 4.69) is 64.3 Å². The quantitative estimate of drug-likeness (QED) is 0.205. The summed E-state index contributed by atoms with van der Waals surface area (Å²) in [5, 5.41) is 6.88. The first kappa shape index (κ1) is 17.7. The van der Waals surface area contributed by atoms with Gasteiger partial charge in [-0.05, 0) is 57.1 Å². The second kappa shape index (κ2) is 6.71. The highest BCUT2D eigenvalue weighted by atomic mass is 127. The lowest BCUT2D eigenvalue weighted by Gasteiger charge is -2.31. The van der Waals surface area contributed by atoms with Gasteiger partial charge < -0.3 is 9.73 Å². The van der Waals surface area contributed by atoms with Crippen LogP contribution in [-0.4, -0.2) is 0 Å². The number of hydrogen-bond donors (Lipinski definition) is 1. The maximum absolute atomic E-state index is 13.3. The van der Waals surface area contributed by atoms with Gasteiger partial charge in [-0.2, -0.15) is 0 Å². The molecule has 0 amide bonds. The Kier molecular flexibility index (Phi) is 3.96. The van der Waals surface area contributed by atoms with Crippen LogP contribution in [0.25, 0.3) is 32.9 Å². The monoisotopic (exact) mass is 501 g/mol. The standard InChI is InChI=1S/C26H16INO2/c27-19-11-5-3-9-17(19)25-24-23(18-10-4-6-12-21(18)30-26(24)29)22-16-8-2-1-7-15(16)13-14-20(22)28-25/h1-14,25,28H/t25-/m0/s1. The fourth-order valence-corrected chi connectivity index (χ4v) is 5.23. The summed E-state index contributed by atoms with van der Waals surface area (Å²) in [7, 11) is 0. The van der Waals surface area contributed by atoms with Crippen LogP contribution >= 0.6 is 22.6 Å². The third-order valence-electron chi connectivity index (χ3n) is 5.83. The first-order valence-electron chi connectivity index (χ1n) is 9.81. The number of benzene rings is 4. The molecule has 0 unspecified atom stereocenters. The molecule has 144 valence electrons. The van der Waals surface area contributed by atoms with Crippen molar-refractivity contribution >= 4 is 50.0 Å². The summed E-state index contributed by atoms with van der Waals surface area (Å²) in [4.78, 5) is 13.3. The van der Waals surface area contributed by atoms with Crippen LogP contribution in [0.4, 0.5) is 5.69 Å². The second-order valence-electron chi connectivity index (χ2n) is 7.48. The first-order valence-corrected chi connectivity index (χ1v) is 10.9. The maximum Gasteiger partial charge on any atom is 0.342 e. The van der Waals surface area contributed by atoms with E-state index >= 15 is 0 Å². The Morgan fingerprint density at radius 2 is 1.50 bits per heavy atom. The van der Waals surface area contributed by atoms with E-state index in [9.17, 15) is 4.79 Å². The minimum absolute atomic E-state index is 0.275. The molecule has 0 radical (unpaired) electrons. The molecule has 0 fully saturated rings. The van der Waals surface area contributed by atoms with E-state index in [1.165, 1.54) is 0 Å². The summed E-state index contributed by atoms with van der Waals surface area (Å²) in [6.07, 6.45) is 0. The van der Waals surface area contributed by atoms with Crippen LogP contribution in [-0.2, 0) is 0 Å². The van der Waals surface area contributed by atoms with Gasteiger partial charge in [0.05, 0.1) is 11.6 Å². The Morgan fingerprint density at radius 3 is 2.37 bits per heavy atom. The van der Waals surface area contributed by atoms with Crippen LogP contribution in [0.15, 0.2) is 94.1 Å². The number of anilines is 1. The molecule has 5 aromatic rings. The molecule has 0 bridgehead atoms. The van der Waals surface area contributed by atoms with Gasteiger partial charge in [-0.1, -0.05) is 66.7 Å². The molecule has 0 saturated heterocycles. The minimum Gasteiger partial charge on any atom is -0.422 e. The molecule has 3 nitrogen and oxygen atoms in total. The molecule has 0 spiro atoms. The van der Waals surface area contributed by atoms with E-state index < -0.39 is 0 Å². The van der Waals surface area contributed by atoms with Gasteiger partial charge in [0.25, 0.3) is 0 Å². The smallest absolute Gasteiger partial charge is 0.342 e. The molecule has 0 saturated carbocycles. The lowest BCUT2D eigenvalue weighted by atomic mass is 9.83. The van der Waals surface area contributed by atoms with Crippen molar-refractivity contribution < 1.29 is 4.42 Å². The van der Waals surface area contributed by atoms with Crippen molar-refractivity contribution in [3.63, 3.8) is 0 Å². The Hall–Kier alpha value is -3.12. The summed E-state index contributed by atoms with van der Waals surface area (Å²) in [5.41, 5.74) is 5.12. The van der Waals surface area contributed by atoms with Gasteiger partial charge in [-0.25, -0.2) is 4.79 Å². The zero-order chi connectivity index (χ0) is 20.2. The van der Waals surface area contributed by atoms with Crippen LogP contribution in [0.2, 0.25) is 0 Å². The first-order chi connectivity index (χ1) is 14.7. The molecule has 4 aromatic carbocycles. The third-order valence-corrected chi connectivity index (χ3v) is 6.81. The Bertz CT molecular complexity index is 1520. The largest absolute Gasteiger partial charge is 0.422 e. The van der Waals surface area contributed by atoms with E-state index in [1.54, 1.807) is 0 Å².